The Hall–Kier alpha value is -1.81. The van der Waals surface area contributed by atoms with E-state index in [1.807, 2.05) is 12.1 Å². The fourth-order valence-electron chi connectivity index (χ4n) is 2.22. The summed E-state index contributed by atoms with van der Waals surface area (Å²) in [7, 11) is 2.09. The van der Waals surface area contributed by atoms with Gasteiger partial charge in [-0.25, -0.2) is 9.97 Å². The Morgan fingerprint density at radius 2 is 1.78 bits per heavy atom. The van der Waals surface area contributed by atoms with Crippen LogP contribution in [0.3, 0.4) is 0 Å². The Kier molecular flexibility index (Phi) is 2.80. The van der Waals surface area contributed by atoms with E-state index in [2.05, 4.69) is 38.9 Å². The summed E-state index contributed by atoms with van der Waals surface area (Å²) in [5, 5.41) is 0.442. The summed E-state index contributed by atoms with van der Waals surface area (Å²) in [4.78, 5) is 12.8. The molecule has 0 unspecified atom stereocenters. The predicted molar refractivity (Wildman–Crippen MR) is 73.8 cm³/mol. The third kappa shape index (κ3) is 1.78. The predicted octanol–water partition coefficient (Wildman–Crippen LogP) is 2.72. The van der Waals surface area contributed by atoms with Crippen molar-refractivity contribution >= 4 is 28.8 Å². The summed E-state index contributed by atoms with van der Waals surface area (Å²) in [5.41, 5.74) is 2.30. The second-order valence-corrected chi connectivity index (χ2v) is 4.59. The number of halogens is 1. The van der Waals surface area contributed by atoms with Crippen LogP contribution in [-0.4, -0.2) is 30.1 Å². The van der Waals surface area contributed by atoms with Gasteiger partial charge < -0.3 is 9.80 Å². The summed E-state index contributed by atoms with van der Waals surface area (Å²) >= 11 is 6.13. The highest BCUT2D eigenvalue weighted by Gasteiger charge is 2.23. The van der Waals surface area contributed by atoms with E-state index < -0.39 is 0 Å². The van der Waals surface area contributed by atoms with Crippen molar-refractivity contribution in [2.75, 3.05) is 29.9 Å². The molecule has 0 atom stereocenters. The zero-order chi connectivity index (χ0) is 12.5. The first kappa shape index (κ1) is 11.3. The van der Waals surface area contributed by atoms with Crippen LogP contribution in [0.4, 0.5) is 17.2 Å². The van der Waals surface area contributed by atoms with Gasteiger partial charge in [0.2, 0.25) is 0 Å². The van der Waals surface area contributed by atoms with Gasteiger partial charge in [0.15, 0.2) is 11.0 Å². The molecule has 0 fully saturated rings. The summed E-state index contributed by atoms with van der Waals surface area (Å²) in [6.07, 6.45) is 3.27. The lowest BCUT2D eigenvalue weighted by Gasteiger charge is -2.36. The monoisotopic (exact) mass is 260 g/mol. The van der Waals surface area contributed by atoms with Gasteiger partial charge in [0.25, 0.3) is 0 Å². The lowest BCUT2D eigenvalue weighted by atomic mass is 10.2. The minimum Gasteiger partial charge on any atom is -0.371 e. The van der Waals surface area contributed by atoms with Gasteiger partial charge in [-0.1, -0.05) is 23.7 Å². The van der Waals surface area contributed by atoms with Crippen LogP contribution in [0.25, 0.3) is 0 Å². The minimum absolute atomic E-state index is 0.442. The number of hydrogen-bond acceptors (Lipinski definition) is 4. The number of likely N-dealkylation sites (N-methyl/N-ethyl adjacent to an activating group) is 1. The van der Waals surface area contributed by atoms with Crippen molar-refractivity contribution in [3.63, 3.8) is 0 Å². The van der Waals surface area contributed by atoms with Crippen LogP contribution in [0.5, 0.6) is 0 Å². The van der Waals surface area contributed by atoms with E-state index in [1.165, 1.54) is 5.69 Å². The van der Waals surface area contributed by atoms with E-state index in [9.17, 15) is 0 Å². The van der Waals surface area contributed by atoms with Gasteiger partial charge in [-0.3, -0.25) is 0 Å². The van der Waals surface area contributed by atoms with Crippen molar-refractivity contribution < 1.29 is 0 Å². The van der Waals surface area contributed by atoms with Crippen LogP contribution in [0.2, 0.25) is 5.15 Å². The number of benzene rings is 1. The number of hydrogen-bond donors (Lipinski definition) is 0. The Morgan fingerprint density at radius 3 is 2.56 bits per heavy atom. The van der Waals surface area contributed by atoms with Crippen molar-refractivity contribution in [3.8, 4) is 0 Å². The molecule has 18 heavy (non-hydrogen) atoms. The van der Waals surface area contributed by atoms with Crippen LogP contribution < -0.4 is 9.80 Å². The first-order valence-corrected chi connectivity index (χ1v) is 6.19. The highest BCUT2D eigenvalue weighted by atomic mass is 35.5. The molecule has 0 saturated carbocycles. The number of fused-ring (bicyclic) bond motifs is 1. The molecule has 2 aromatic rings. The quantitative estimate of drug-likeness (QED) is 0.789. The number of nitrogens with zero attached hydrogens (tertiary/aromatic N) is 4. The zero-order valence-electron chi connectivity index (χ0n) is 10.0. The Morgan fingerprint density at radius 1 is 1.06 bits per heavy atom. The number of anilines is 3. The maximum absolute atomic E-state index is 6.13. The zero-order valence-corrected chi connectivity index (χ0v) is 10.8. The van der Waals surface area contributed by atoms with E-state index in [0.29, 0.717) is 5.15 Å². The Labute approximate surface area is 111 Å². The second-order valence-electron chi connectivity index (χ2n) is 4.23. The second kappa shape index (κ2) is 4.46. The van der Waals surface area contributed by atoms with Crippen LogP contribution in [-0.2, 0) is 0 Å². The summed E-state index contributed by atoms with van der Waals surface area (Å²) in [6.45, 7) is 1.79. The third-order valence-electron chi connectivity index (χ3n) is 3.13. The lowest BCUT2D eigenvalue weighted by molar-refractivity contribution is 0.811. The number of para-hydroxylation sites is 2. The third-order valence-corrected chi connectivity index (χ3v) is 3.40. The fraction of sp³-hybridized carbons (Fsp3) is 0.231. The molecule has 1 aromatic carbocycles. The molecule has 1 aliphatic rings. The van der Waals surface area contributed by atoms with Crippen molar-refractivity contribution in [2.24, 2.45) is 0 Å². The van der Waals surface area contributed by atoms with Crippen molar-refractivity contribution in [1.82, 2.24) is 9.97 Å². The van der Waals surface area contributed by atoms with Crippen LogP contribution >= 0.6 is 11.6 Å². The average molecular weight is 261 g/mol. The molecule has 0 saturated heterocycles. The van der Waals surface area contributed by atoms with Crippen molar-refractivity contribution in [1.29, 1.82) is 0 Å². The topological polar surface area (TPSA) is 32.3 Å². The summed E-state index contributed by atoms with van der Waals surface area (Å²) < 4.78 is 0. The molecule has 5 heteroatoms. The maximum atomic E-state index is 6.13. The lowest BCUT2D eigenvalue weighted by Crippen LogP contribution is -2.37. The number of aromatic nitrogens is 2. The van der Waals surface area contributed by atoms with Crippen molar-refractivity contribution in [2.45, 2.75) is 0 Å². The molecule has 0 radical (unpaired) electrons. The highest BCUT2D eigenvalue weighted by Crippen LogP contribution is 2.37. The molecule has 2 heterocycles. The molecule has 4 nitrogen and oxygen atoms in total. The minimum atomic E-state index is 0.442. The molecule has 0 N–H and O–H groups in total. The molecular formula is C13H13ClN4. The maximum Gasteiger partial charge on any atom is 0.172 e. The summed E-state index contributed by atoms with van der Waals surface area (Å²) in [6, 6.07) is 8.24. The van der Waals surface area contributed by atoms with Crippen LogP contribution in [0, 0.1) is 0 Å². The summed E-state index contributed by atoms with van der Waals surface area (Å²) in [5.74, 6) is 0.722. The Balaban J connectivity index is 2.11. The van der Waals surface area contributed by atoms with Gasteiger partial charge in [0.1, 0.15) is 0 Å². The normalized spacial score (nSPS) is 14.6. The van der Waals surface area contributed by atoms with Crippen LogP contribution in [0.1, 0.15) is 0 Å². The van der Waals surface area contributed by atoms with Gasteiger partial charge >= 0.3 is 0 Å². The largest absolute Gasteiger partial charge is 0.371 e. The molecule has 1 aliphatic heterocycles. The molecule has 0 amide bonds. The molecular weight excluding hydrogens is 248 g/mol. The first-order chi connectivity index (χ1) is 8.77. The molecule has 92 valence electrons. The fourth-order valence-corrected chi connectivity index (χ4v) is 2.43. The highest BCUT2D eigenvalue weighted by molar-refractivity contribution is 6.31. The number of rotatable bonds is 1. The van der Waals surface area contributed by atoms with Crippen LogP contribution in [0.15, 0.2) is 36.7 Å². The first-order valence-electron chi connectivity index (χ1n) is 5.81. The Bertz CT molecular complexity index is 572. The SMILES string of the molecule is CN1CCN(c2nccnc2Cl)c2ccccc21. The van der Waals surface area contributed by atoms with E-state index >= 15 is 0 Å². The molecule has 0 bridgehead atoms. The molecule has 1 aromatic heterocycles. The van der Waals surface area contributed by atoms with Gasteiger partial charge in [0.05, 0.1) is 11.4 Å². The van der Waals surface area contributed by atoms with Gasteiger partial charge in [0, 0.05) is 32.5 Å². The van der Waals surface area contributed by atoms with Crippen molar-refractivity contribution in [3.05, 3.63) is 41.8 Å². The van der Waals surface area contributed by atoms with Gasteiger partial charge in [-0.15, -0.1) is 0 Å². The molecule has 0 aliphatic carbocycles. The smallest absolute Gasteiger partial charge is 0.172 e. The average Bonchev–Trinajstić information content (AvgIpc) is 2.41. The standard InChI is InChI=1S/C13H13ClN4/c1-17-8-9-18(11-5-3-2-4-10(11)17)13-12(14)15-6-7-16-13/h2-7H,8-9H2,1H3. The van der Waals surface area contributed by atoms with E-state index in [0.717, 1.165) is 24.6 Å². The van der Waals surface area contributed by atoms with E-state index in [-0.39, 0.29) is 0 Å². The molecule has 0 spiro atoms. The van der Waals surface area contributed by atoms with Gasteiger partial charge in [-0.2, -0.15) is 0 Å². The molecule has 3 rings (SSSR count). The van der Waals surface area contributed by atoms with E-state index in [4.69, 9.17) is 11.6 Å². The van der Waals surface area contributed by atoms with E-state index in [1.54, 1.807) is 12.4 Å². The van der Waals surface area contributed by atoms with Gasteiger partial charge in [-0.05, 0) is 12.1 Å².